The molecule has 0 aliphatic carbocycles. The van der Waals surface area contributed by atoms with E-state index >= 15 is 0 Å². The minimum absolute atomic E-state index is 0.129. The molecule has 0 unspecified atom stereocenters. The first-order chi connectivity index (χ1) is 6.81. The van der Waals surface area contributed by atoms with Crippen molar-refractivity contribution in [3.8, 4) is 0 Å². The Morgan fingerprint density at radius 1 is 1.64 bits per heavy atom. The molecule has 1 aliphatic rings. The number of aliphatic hydroxyl groups excluding tert-OH is 1. The average Bonchev–Trinajstić information content (AvgIpc) is 2.61. The van der Waals surface area contributed by atoms with Crippen LogP contribution >= 0.6 is 0 Å². The lowest BCUT2D eigenvalue weighted by atomic mass is 10.1. The number of pyridine rings is 1. The number of aliphatic hydroxyl groups is 1. The summed E-state index contributed by atoms with van der Waals surface area (Å²) in [6.07, 6.45) is 3.43. The predicted molar refractivity (Wildman–Crippen MR) is 50.1 cm³/mol. The molecular weight excluding hydrogens is 182 g/mol. The molecule has 1 aromatic rings. The van der Waals surface area contributed by atoms with Crippen LogP contribution in [0.3, 0.4) is 0 Å². The second-order valence-corrected chi connectivity index (χ2v) is 3.40. The average molecular weight is 193 g/mol. The predicted octanol–water partition coefficient (Wildman–Crippen LogP) is 0.871. The van der Waals surface area contributed by atoms with Crippen LogP contribution in [-0.2, 0) is 0 Å². The lowest BCUT2D eigenvalue weighted by Crippen LogP contribution is -2.17. The Bertz CT molecular complexity index is 317. The third-order valence-electron chi connectivity index (χ3n) is 2.43. The molecule has 74 valence electrons. The summed E-state index contributed by atoms with van der Waals surface area (Å²) in [6, 6.07) is 3.56. The first kappa shape index (κ1) is 9.08. The highest BCUT2D eigenvalue weighted by Gasteiger charge is 2.32. The van der Waals surface area contributed by atoms with Crippen LogP contribution < -0.4 is 0 Å². The van der Waals surface area contributed by atoms with Crippen molar-refractivity contribution in [3.63, 3.8) is 0 Å². The quantitative estimate of drug-likeness (QED) is 0.708. The van der Waals surface area contributed by atoms with Gasteiger partial charge in [-0.1, -0.05) is 6.07 Å². The second kappa shape index (κ2) is 3.71. The van der Waals surface area contributed by atoms with E-state index in [4.69, 9.17) is 0 Å². The molecule has 0 aromatic carbocycles. The maximum absolute atomic E-state index is 10.5. The second-order valence-electron chi connectivity index (χ2n) is 3.40. The minimum atomic E-state index is -0.474. The molecule has 1 fully saturated rings. The zero-order chi connectivity index (χ0) is 9.97. The highest BCUT2D eigenvalue weighted by atomic mass is 16.3. The Hall–Kier alpha value is -1.49. The topological polar surface area (TPSA) is 65.8 Å². The van der Waals surface area contributed by atoms with E-state index in [1.54, 1.807) is 12.4 Å². The molecule has 0 radical (unpaired) electrons. The SMILES string of the molecule is O=NN1C[C@@H](O)C[C@@H]1c1cccnc1. The van der Waals surface area contributed by atoms with Gasteiger partial charge in [0.2, 0.25) is 0 Å². The van der Waals surface area contributed by atoms with E-state index in [0.717, 1.165) is 5.56 Å². The van der Waals surface area contributed by atoms with Crippen molar-refractivity contribution < 1.29 is 5.11 Å². The van der Waals surface area contributed by atoms with Gasteiger partial charge in [-0.05, 0) is 11.6 Å². The van der Waals surface area contributed by atoms with Gasteiger partial charge >= 0.3 is 0 Å². The number of β-amino-alcohol motifs (C(OH)–C–C–N with tert-alkyl or cyclic N) is 1. The van der Waals surface area contributed by atoms with E-state index in [0.29, 0.717) is 13.0 Å². The molecule has 2 heterocycles. The third kappa shape index (κ3) is 1.58. The van der Waals surface area contributed by atoms with Gasteiger partial charge in [-0.3, -0.25) is 9.99 Å². The van der Waals surface area contributed by atoms with Crippen LogP contribution in [0.5, 0.6) is 0 Å². The van der Waals surface area contributed by atoms with E-state index in [2.05, 4.69) is 10.3 Å². The van der Waals surface area contributed by atoms with Gasteiger partial charge in [0.1, 0.15) is 0 Å². The maximum Gasteiger partial charge on any atom is 0.0793 e. The summed E-state index contributed by atoms with van der Waals surface area (Å²) >= 11 is 0. The normalized spacial score (nSPS) is 26.5. The van der Waals surface area contributed by atoms with Crippen molar-refractivity contribution in [2.24, 2.45) is 5.29 Å². The lowest BCUT2D eigenvalue weighted by molar-refractivity contribution is 0.176. The van der Waals surface area contributed by atoms with Crippen molar-refractivity contribution in [1.29, 1.82) is 0 Å². The monoisotopic (exact) mass is 193 g/mol. The zero-order valence-corrected chi connectivity index (χ0v) is 7.58. The van der Waals surface area contributed by atoms with E-state index in [1.165, 1.54) is 5.01 Å². The Balaban J connectivity index is 2.22. The summed E-state index contributed by atoms with van der Waals surface area (Å²) in [4.78, 5) is 14.5. The van der Waals surface area contributed by atoms with Crippen molar-refractivity contribution in [2.75, 3.05) is 6.54 Å². The van der Waals surface area contributed by atoms with Gasteiger partial charge in [-0.2, -0.15) is 0 Å². The first-order valence-corrected chi connectivity index (χ1v) is 4.49. The van der Waals surface area contributed by atoms with Crippen LogP contribution in [-0.4, -0.2) is 27.7 Å². The van der Waals surface area contributed by atoms with Crippen LogP contribution in [0, 0.1) is 4.91 Å². The van der Waals surface area contributed by atoms with Gasteiger partial charge in [0.15, 0.2) is 0 Å². The van der Waals surface area contributed by atoms with E-state index in [9.17, 15) is 10.0 Å². The number of hydrogen-bond acceptors (Lipinski definition) is 4. The summed E-state index contributed by atoms with van der Waals surface area (Å²) < 4.78 is 0. The first-order valence-electron chi connectivity index (χ1n) is 4.49. The van der Waals surface area contributed by atoms with Crippen LogP contribution in [0.4, 0.5) is 0 Å². The van der Waals surface area contributed by atoms with Crippen LogP contribution in [0.15, 0.2) is 29.8 Å². The molecule has 2 rings (SSSR count). The Morgan fingerprint density at radius 3 is 3.14 bits per heavy atom. The minimum Gasteiger partial charge on any atom is -0.391 e. The Kier molecular flexibility index (Phi) is 2.41. The maximum atomic E-state index is 10.5. The summed E-state index contributed by atoms with van der Waals surface area (Å²) in [5, 5.41) is 13.7. The number of nitroso groups, excluding NO2 is 1. The van der Waals surface area contributed by atoms with Crippen molar-refractivity contribution in [1.82, 2.24) is 9.99 Å². The Labute approximate surface area is 81.3 Å². The lowest BCUT2D eigenvalue weighted by Gasteiger charge is -2.16. The van der Waals surface area contributed by atoms with Gasteiger partial charge in [0.05, 0.1) is 24.0 Å². The molecule has 1 saturated heterocycles. The molecule has 1 aliphatic heterocycles. The number of hydrogen-bond donors (Lipinski definition) is 1. The summed E-state index contributed by atoms with van der Waals surface area (Å²) in [5.74, 6) is 0. The van der Waals surface area contributed by atoms with E-state index in [1.807, 2.05) is 12.1 Å². The van der Waals surface area contributed by atoms with Gasteiger partial charge < -0.3 is 5.11 Å². The molecule has 5 nitrogen and oxygen atoms in total. The molecule has 1 aromatic heterocycles. The fourth-order valence-electron chi connectivity index (χ4n) is 1.77. The van der Waals surface area contributed by atoms with Gasteiger partial charge in [0, 0.05) is 18.8 Å². The molecule has 0 amide bonds. The third-order valence-corrected chi connectivity index (χ3v) is 2.43. The molecule has 2 atom stereocenters. The number of aromatic nitrogens is 1. The number of nitrogens with zero attached hydrogens (tertiary/aromatic N) is 3. The fraction of sp³-hybridized carbons (Fsp3) is 0.444. The highest BCUT2D eigenvalue weighted by molar-refractivity contribution is 5.15. The highest BCUT2D eigenvalue weighted by Crippen LogP contribution is 2.31. The van der Waals surface area contributed by atoms with Crippen LogP contribution in [0.2, 0.25) is 0 Å². The fourth-order valence-corrected chi connectivity index (χ4v) is 1.77. The molecule has 0 saturated carbocycles. The standard InChI is InChI=1S/C9H11N3O2/c13-8-4-9(12(6-8)11-14)7-2-1-3-10-5-7/h1-3,5,8-9,13H,4,6H2/t8-,9+/m0/s1. The largest absolute Gasteiger partial charge is 0.391 e. The van der Waals surface area contributed by atoms with Gasteiger partial charge in [0.25, 0.3) is 0 Å². The molecule has 1 N–H and O–H groups in total. The van der Waals surface area contributed by atoms with Crippen molar-refractivity contribution >= 4 is 0 Å². The van der Waals surface area contributed by atoms with Crippen molar-refractivity contribution in [2.45, 2.75) is 18.6 Å². The van der Waals surface area contributed by atoms with Crippen LogP contribution in [0.25, 0.3) is 0 Å². The molecule has 0 spiro atoms. The van der Waals surface area contributed by atoms with Gasteiger partial charge in [-0.15, -0.1) is 4.91 Å². The van der Waals surface area contributed by atoms with E-state index < -0.39 is 6.10 Å². The van der Waals surface area contributed by atoms with Crippen LogP contribution in [0.1, 0.15) is 18.0 Å². The molecular formula is C9H11N3O2. The Morgan fingerprint density at radius 2 is 2.50 bits per heavy atom. The summed E-state index contributed by atoms with van der Waals surface area (Å²) in [7, 11) is 0. The molecule has 14 heavy (non-hydrogen) atoms. The van der Waals surface area contributed by atoms with Gasteiger partial charge in [-0.25, -0.2) is 0 Å². The molecule has 5 heteroatoms. The smallest absolute Gasteiger partial charge is 0.0793 e. The molecule has 0 bridgehead atoms. The summed E-state index contributed by atoms with van der Waals surface area (Å²) in [5.41, 5.74) is 0.920. The van der Waals surface area contributed by atoms with Crippen molar-refractivity contribution in [3.05, 3.63) is 35.0 Å². The summed E-state index contributed by atoms with van der Waals surface area (Å²) in [6.45, 7) is 0.309. The number of rotatable bonds is 2. The zero-order valence-electron chi connectivity index (χ0n) is 7.58. The van der Waals surface area contributed by atoms with E-state index in [-0.39, 0.29) is 6.04 Å².